The van der Waals surface area contributed by atoms with Crippen LogP contribution in [-0.2, 0) is 11.2 Å². The highest BCUT2D eigenvalue weighted by Crippen LogP contribution is 2.41. The van der Waals surface area contributed by atoms with Crippen LogP contribution in [0.1, 0.15) is 23.5 Å². The minimum Gasteiger partial charge on any atom is -0.258 e. The first-order valence-electron chi connectivity index (χ1n) is 5.92. The van der Waals surface area contributed by atoms with E-state index in [1.165, 1.54) is 6.07 Å². The molecule has 2 atom stereocenters. The molecule has 2 amide bonds. The zero-order chi connectivity index (χ0) is 13.6. The first kappa shape index (κ1) is 12.3. The van der Waals surface area contributed by atoms with E-state index in [1.54, 1.807) is 12.1 Å². The predicted molar refractivity (Wildman–Crippen MR) is 67.9 cm³/mol. The van der Waals surface area contributed by atoms with E-state index in [-0.39, 0.29) is 28.0 Å². The lowest BCUT2D eigenvalue weighted by atomic mass is 9.97. The van der Waals surface area contributed by atoms with E-state index in [2.05, 4.69) is 0 Å². The van der Waals surface area contributed by atoms with Crippen LogP contribution >= 0.6 is 11.8 Å². The molecule has 0 aromatic heterocycles. The van der Waals surface area contributed by atoms with E-state index >= 15 is 0 Å². The normalized spacial score (nSPS) is 25.7. The Labute approximate surface area is 112 Å². The van der Waals surface area contributed by atoms with Gasteiger partial charge in [-0.15, -0.1) is 0 Å². The summed E-state index contributed by atoms with van der Waals surface area (Å²) >= 11 is 1.07. The van der Waals surface area contributed by atoms with Crippen LogP contribution in [-0.4, -0.2) is 21.3 Å². The maximum Gasteiger partial charge on any atom is 0.380 e. The molecule has 1 heterocycles. The second-order valence-electron chi connectivity index (χ2n) is 4.69. The molecule has 1 aromatic carbocycles. The van der Waals surface area contributed by atoms with Crippen LogP contribution < -0.4 is 5.32 Å². The number of carbonyl (C=O) groups excluding carboxylic acids is 2. The number of thioether (sulfide) groups is 1. The van der Waals surface area contributed by atoms with Crippen molar-refractivity contribution in [2.45, 2.75) is 24.0 Å². The Kier molecular flexibility index (Phi) is 2.87. The lowest BCUT2D eigenvalue weighted by molar-refractivity contribution is -0.456. The largest absolute Gasteiger partial charge is 0.380 e. The number of imide groups is 1. The van der Waals surface area contributed by atoms with Gasteiger partial charge in [-0.3, -0.25) is 10.1 Å². The molecule has 98 valence electrons. The molecule has 1 fully saturated rings. The van der Waals surface area contributed by atoms with Crippen molar-refractivity contribution in [1.29, 1.82) is 0 Å². The number of primary amides is 2. The van der Waals surface area contributed by atoms with Crippen molar-refractivity contribution in [3.8, 4) is 0 Å². The maximum atomic E-state index is 11.8. The minimum atomic E-state index is -0.416. The van der Waals surface area contributed by atoms with E-state index in [0.29, 0.717) is 0 Å². The van der Waals surface area contributed by atoms with E-state index in [1.807, 2.05) is 0 Å². The van der Waals surface area contributed by atoms with Gasteiger partial charge < -0.3 is 0 Å². The summed E-state index contributed by atoms with van der Waals surface area (Å²) in [6, 6.07) is 4.76. The zero-order valence-corrected chi connectivity index (χ0v) is 10.7. The van der Waals surface area contributed by atoms with Gasteiger partial charge in [0.15, 0.2) is 0 Å². The van der Waals surface area contributed by atoms with Crippen LogP contribution in [0.5, 0.6) is 0 Å². The Morgan fingerprint density at radius 3 is 2.79 bits per heavy atom. The molecule has 7 heteroatoms. The molecule has 0 radical (unpaired) electrons. The fourth-order valence-corrected chi connectivity index (χ4v) is 3.83. The van der Waals surface area contributed by atoms with Crippen LogP contribution in [0.25, 0.3) is 0 Å². The Bertz CT molecular complexity index is 601. The third kappa shape index (κ3) is 2.04. The minimum absolute atomic E-state index is 0.00370. The number of benzene rings is 1. The summed E-state index contributed by atoms with van der Waals surface area (Å²) in [6.45, 7) is 0. The molecule has 19 heavy (non-hydrogen) atoms. The molecule has 0 saturated carbocycles. The number of aryl methyl sites for hydroxylation is 1. The average Bonchev–Trinajstić information content (AvgIpc) is 2.91. The molecule has 1 unspecified atom stereocenters. The van der Waals surface area contributed by atoms with Crippen molar-refractivity contribution in [2.75, 3.05) is 0 Å². The van der Waals surface area contributed by atoms with Crippen LogP contribution in [0.2, 0.25) is 0 Å². The van der Waals surface area contributed by atoms with Gasteiger partial charge in [-0.1, -0.05) is 6.07 Å². The van der Waals surface area contributed by atoms with Crippen molar-refractivity contribution < 1.29 is 19.8 Å². The van der Waals surface area contributed by atoms with Gasteiger partial charge in [0.1, 0.15) is 5.25 Å². The summed E-state index contributed by atoms with van der Waals surface area (Å²) in [5, 5.41) is 11.3. The SMILES string of the molecule is O=C1[NH2+]C(=O)C([C@@H]2CCc3cc([N+](=O)[O-])ccc32)S1. The average molecular weight is 279 g/mol. The number of quaternary nitrogens is 1. The van der Waals surface area contributed by atoms with Gasteiger partial charge >= 0.3 is 11.1 Å². The molecule has 0 bridgehead atoms. The van der Waals surface area contributed by atoms with Crippen LogP contribution in [0.3, 0.4) is 0 Å². The number of nitro groups is 1. The van der Waals surface area contributed by atoms with Crippen molar-refractivity contribution in [3.63, 3.8) is 0 Å². The van der Waals surface area contributed by atoms with Gasteiger partial charge in [-0.25, -0.2) is 14.9 Å². The highest BCUT2D eigenvalue weighted by Gasteiger charge is 2.45. The van der Waals surface area contributed by atoms with Gasteiger partial charge in [-0.2, -0.15) is 0 Å². The second kappa shape index (κ2) is 4.43. The Balaban J connectivity index is 1.92. The summed E-state index contributed by atoms with van der Waals surface area (Å²) in [6.07, 6.45) is 1.49. The molecule has 2 aliphatic rings. The fourth-order valence-electron chi connectivity index (χ4n) is 2.76. The zero-order valence-electron chi connectivity index (χ0n) is 9.87. The number of hydrogen-bond donors (Lipinski definition) is 1. The van der Waals surface area contributed by atoms with E-state index < -0.39 is 4.92 Å². The fraction of sp³-hybridized carbons (Fsp3) is 0.333. The molecule has 0 spiro atoms. The van der Waals surface area contributed by atoms with Crippen molar-refractivity contribution in [3.05, 3.63) is 39.4 Å². The Morgan fingerprint density at radius 1 is 1.37 bits per heavy atom. The van der Waals surface area contributed by atoms with Crippen molar-refractivity contribution >= 4 is 28.6 Å². The quantitative estimate of drug-likeness (QED) is 0.642. The molecular weight excluding hydrogens is 268 g/mol. The molecule has 1 aliphatic heterocycles. The summed E-state index contributed by atoms with van der Waals surface area (Å²) < 4.78 is 0. The Morgan fingerprint density at radius 2 is 2.16 bits per heavy atom. The topological polar surface area (TPSA) is 93.9 Å². The summed E-state index contributed by atoms with van der Waals surface area (Å²) in [4.78, 5) is 33.3. The lowest BCUT2D eigenvalue weighted by Gasteiger charge is -2.13. The highest BCUT2D eigenvalue weighted by molar-refractivity contribution is 8.14. The first-order valence-corrected chi connectivity index (χ1v) is 6.80. The van der Waals surface area contributed by atoms with Crippen LogP contribution in [0.4, 0.5) is 10.5 Å². The number of fused-ring (bicyclic) bond motifs is 1. The van der Waals surface area contributed by atoms with Crippen LogP contribution in [0, 0.1) is 10.1 Å². The molecule has 6 nitrogen and oxygen atoms in total. The van der Waals surface area contributed by atoms with Gasteiger partial charge in [0.25, 0.3) is 5.69 Å². The molecule has 1 aliphatic carbocycles. The number of hydrogen-bond acceptors (Lipinski definition) is 5. The molecule has 1 aromatic rings. The number of nitrogens with two attached hydrogens (primary N) is 1. The van der Waals surface area contributed by atoms with Crippen molar-refractivity contribution in [1.82, 2.24) is 0 Å². The van der Waals surface area contributed by atoms with Crippen molar-refractivity contribution in [2.24, 2.45) is 0 Å². The van der Waals surface area contributed by atoms with Gasteiger partial charge in [0.05, 0.1) is 4.92 Å². The number of amides is 2. The monoisotopic (exact) mass is 279 g/mol. The number of carbonyl (C=O) groups is 2. The standard InChI is InChI=1S/C12H10N2O4S/c15-11-10(19-12(16)13-11)9-3-1-6-5-7(14(17)18)2-4-8(6)9/h2,4-5,9-10H,1,3H2,(H,13,15,16)/p+1/t9-,10?/m1/s1. The molecule has 3 rings (SSSR count). The second-order valence-corrected chi connectivity index (χ2v) is 5.84. The van der Waals surface area contributed by atoms with Gasteiger partial charge in [0, 0.05) is 18.1 Å². The summed E-state index contributed by atoms with van der Waals surface area (Å²) in [5.41, 5.74) is 1.97. The van der Waals surface area contributed by atoms with Crippen LogP contribution in [0.15, 0.2) is 18.2 Å². The van der Waals surface area contributed by atoms with Gasteiger partial charge in [-0.05, 0) is 35.7 Å². The number of rotatable bonds is 2. The van der Waals surface area contributed by atoms with Gasteiger partial charge in [0.2, 0.25) is 0 Å². The van der Waals surface area contributed by atoms with E-state index in [0.717, 1.165) is 41.0 Å². The predicted octanol–water partition coefficient (Wildman–Crippen LogP) is 0.950. The molecular formula is C12H11N2O4S+. The maximum absolute atomic E-state index is 11.8. The molecule has 1 saturated heterocycles. The number of nitrogens with zero attached hydrogens (tertiary/aromatic N) is 1. The van der Waals surface area contributed by atoms with E-state index in [9.17, 15) is 19.7 Å². The lowest BCUT2D eigenvalue weighted by Crippen LogP contribution is -2.88. The smallest absolute Gasteiger partial charge is 0.258 e. The number of non-ortho nitro benzene ring substituents is 1. The Hall–Kier alpha value is -1.73. The summed E-state index contributed by atoms with van der Waals surface area (Å²) in [5.74, 6) is -0.137. The first-order chi connectivity index (χ1) is 9.06. The third-order valence-corrected chi connectivity index (χ3v) is 4.78. The summed E-state index contributed by atoms with van der Waals surface area (Å²) in [7, 11) is 0. The highest BCUT2D eigenvalue weighted by atomic mass is 32.2. The third-order valence-electron chi connectivity index (χ3n) is 3.61. The molecule has 2 N–H and O–H groups in total. The number of nitro benzene ring substituents is 1. The van der Waals surface area contributed by atoms with E-state index in [4.69, 9.17) is 0 Å².